The first-order chi connectivity index (χ1) is 8.43. The average molecular weight is 362 g/mol. The molecule has 0 aliphatic carbocycles. The summed E-state index contributed by atoms with van der Waals surface area (Å²) in [5, 5.41) is 1.24. The Morgan fingerprint density at radius 1 is 0.722 bits per heavy atom. The number of hydrogen-bond acceptors (Lipinski definition) is 1. The molecule has 0 fully saturated rings. The van der Waals surface area contributed by atoms with E-state index in [2.05, 4.69) is 4.98 Å². The summed E-state index contributed by atoms with van der Waals surface area (Å²) in [6.07, 6.45) is 1.53. The molecule has 0 spiro atoms. The molecule has 1 nitrogen and oxygen atoms in total. The van der Waals surface area contributed by atoms with Gasteiger partial charge in [0.25, 0.3) is 0 Å². The van der Waals surface area contributed by atoms with Crippen LogP contribution in [0.1, 0.15) is 0 Å². The minimum absolute atomic E-state index is 0.110. The number of nitrogens with zero attached hydrogens (tertiary/aromatic N) is 1. The molecule has 7 heteroatoms. The van der Waals surface area contributed by atoms with Gasteiger partial charge in [-0.25, -0.2) is 0 Å². The fourth-order valence-electron chi connectivity index (χ4n) is 1.37. The van der Waals surface area contributed by atoms with Crippen molar-refractivity contribution in [1.82, 2.24) is 4.98 Å². The fraction of sp³-hybridized carbons (Fsp3) is 0. The van der Waals surface area contributed by atoms with E-state index in [0.717, 1.165) is 0 Å². The molecular formula is C11H3Cl6N. The maximum absolute atomic E-state index is 6.12. The predicted octanol–water partition coefficient (Wildman–Crippen LogP) is 6.67. The Labute approximate surface area is 134 Å². The van der Waals surface area contributed by atoms with E-state index in [0.29, 0.717) is 16.3 Å². The lowest BCUT2D eigenvalue weighted by Crippen LogP contribution is -1.89. The Balaban J connectivity index is 2.80. The van der Waals surface area contributed by atoms with E-state index in [4.69, 9.17) is 69.6 Å². The van der Waals surface area contributed by atoms with Gasteiger partial charge in [-0.05, 0) is 12.1 Å². The lowest BCUT2D eigenvalue weighted by atomic mass is 10.1. The second kappa shape index (κ2) is 5.62. The second-order valence-electron chi connectivity index (χ2n) is 3.30. The van der Waals surface area contributed by atoms with Gasteiger partial charge in [0.05, 0.1) is 30.8 Å². The van der Waals surface area contributed by atoms with Crippen molar-refractivity contribution in [3.05, 3.63) is 48.5 Å². The molecule has 0 bridgehead atoms. The zero-order chi connectivity index (χ0) is 13.4. The molecule has 0 unspecified atom stereocenters. The summed E-state index contributed by atoms with van der Waals surface area (Å²) in [7, 11) is 0. The van der Waals surface area contributed by atoms with Crippen LogP contribution < -0.4 is 0 Å². The molecular weight excluding hydrogens is 359 g/mol. The summed E-state index contributed by atoms with van der Waals surface area (Å²) in [5.74, 6) is 0. The minimum Gasteiger partial charge on any atom is -0.256 e. The van der Waals surface area contributed by atoms with Gasteiger partial charge in [-0.15, -0.1) is 0 Å². The third kappa shape index (κ3) is 2.53. The first-order valence-corrected chi connectivity index (χ1v) is 6.83. The summed E-state index contributed by atoms with van der Waals surface area (Å²) in [6.45, 7) is 0. The van der Waals surface area contributed by atoms with E-state index in [9.17, 15) is 0 Å². The van der Waals surface area contributed by atoms with Gasteiger partial charge >= 0.3 is 0 Å². The Morgan fingerprint density at radius 2 is 1.22 bits per heavy atom. The molecule has 94 valence electrons. The van der Waals surface area contributed by atoms with Gasteiger partial charge < -0.3 is 0 Å². The SMILES string of the molecule is Clc1ccnc(-c2c(Cl)c(Cl)c(Cl)c(Cl)c2Cl)c1. The molecule has 0 N–H and O–H groups in total. The average Bonchev–Trinajstić information content (AvgIpc) is 2.34. The van der Waals surface area contributed by atoms with Crippen LogP contribution >= 0.6 is 69.6 Å². The van der Waals surface area contributed by atoms with E-state index in [1.54, 1.807) is 12.1 Å². The molecule has 18 heavy (non-hydrogen) atoms. The third-order valence-electron chi connectivity index (χ3n) is 2.19. The Hall–Kier alpha value is 0.110. The molecule has 0 saturated heterocycles. The highest BCUT2D eigenvalue weighted by atomic mass is 35.5. The second-order valence-corrected chi connectivity index (χ2v) is 5.63. The van der Waals surface area contributed by atoms with Crippen LogP contribution in [0, 0.1) is 0 Å². The van der Waals surface area contributed by atoms with Crippen molar-refractivity contribution in [2.75, 3.05) is 0 Å². The van der Waals surface area contributed by atoms with Crippen LogP contribution in [0.2, 0.25) is 30.1 Å². The van der Waals surface area contributed by atoms with E-state index >= 15 is 0 Å². The van der Waals surface area contributed by atoms with Gasteiger partial charge in [-0.2, -0.15) is 0 Å². The van der Waals surface area contributed by atoms with Crippen LogP contribution in [-0.4, -0.2) is 4.98 Å². The quantitative estimate of drug-likeness (QED) is 0.408. The van der Waals surface area contributed by atoms with E-state index in [1.807, 2.05) is 0 Å². The van der Waals surface area contributed by atoms with E-state index in [-0.39, 0.29) is 25.1 Å². The number of rotatable bonds is 1. The summed E-state index contributed by atoms with van der Waals surface area (Å²) in [6, 6.07) is 3.24. The Bertz CT molecular complexity index is 596. The molecule has 1 aromatic carbocycles. The Kier molecular flexibility index (Phi) is 4.53. The highest BCUT2D eigenvalue weighted by molar-refractivity contribution is 6.56. The Morgan fingerprint density at radius 3 is 1.72 bits per heavy atom. The number of pyridine rings is 1. The number of halogens is 6. The first kappa shape index (κ1) is 14.5. The van der Waals surface area contributed by atoms with Gasteiger partial charge in [-0.3, -0.25) is 4.98 Å². The molecule has 0 amide bonds. The topological polar surface area (TPSA) is 12.9 Å². The maximum Gasteiger partial charge on any atom is 0.0809 e. The normalized spacial score (nSPS) is 10.8. The van der Waals surface area contributed by atoms with Crippen molar-refractivity contribution in [3.8, 4) is 11.3 Å². The zero-order valence-corrected chi connectivity index (χ0v) is 13.0. The standard InChI is InChI=1S/C11H3Cl6N/c12-4-1-2-18-5(3-4)6-7(13)9(15)11(17)10(16)8(6)14/h1-3H. The van der Waals surface area contributed by atoms with Crippen molar-refractivity contribution in [2.45, 2.75) is 0 Å². The van der Waals surface area contributed by atoms with Crippen LogP contribution in [0.4, 0.5) is 0 Å². The van der Waals surface area contributed by atoms with Crippen LogP contribution in [0.5, 0.6) is 0 Å². The summed E-state index contributed by atoms with van der Waals surface area (Å²) in [4.78, 5) is 4.13. The van der Waals surface area contributed by atoms with Crippen LogP contribution in [-0.2, 0) is 0 Å². The van der Waals surface area contributed by atoms with E-state index < -0.39 is 0 Å². The third-order valence-corrected chi connectivity index (χ3v) is 4.70. The largest absolute Gasteiger partial charge is 0.256 e. The zero-order valence-electron chi connectivity index (χ0n) is 8.45. The summed E-state index contributed by atoms with van der Waals surface area (Å²) in [5.41, 5.74) is 0.873. The van der Waals surface area contributed by atoms with Crippen molar-refractivity contribution in [2.24, 2.45) is 0 Å². The van der Waals surface area contributed by atoms with Crippen molar-refractivity contribution in [1.29, 1.82) is 0 Å². The number of hydrogen-bond donors (Lipinski definition) is 0. The molecule has 0 atom stereocenters. The molecule has 2 aromatic rings. The summed E-state index contributed by atoms with van der Waals surface area (Å²) < 4.78 is 0. The van der Waals surface area contributed by atoms with Crippen LogP contribution in [0.3, 0.4) is 0 Å². The van der Waals surface area contributed by atoms with Gasteiger partial charge in [0, 0.05) is 16.8 Å². The smallest absolute Gasteiger partial charge is 0.0809 e. The fourth-order valence-corrected chi connectivity index (χ4v) is 2.86. The van der Waals surface area contributed by atoms with Gasteiger partial charge in [0.15, 0.2) is 0 Å². The first-order valence-electron chi connectivity index (χ1n) is 4.57. The molecule has 1 aromatic heterocycles. The van der Waals surface area contributed by atoms with Crippen molar-refractivity contribution in [3.63, 3.8) is 0 Å². The predicted molar refractivity (Wildman–Crippen MR) is 79.7 cm³/mol. The van der Waals surface area contributed by atoms with Crippen molar-refractivity contribution >= 4 is 69.6 Å². The molecule has 0 radical (unpaired) electrons. The highest BCUT2D eigenvalue weighted by Gasteiger charge is 2.21. The molecule has 0 aliphatic heterocycles. The minimum atomic E-state index is 0.110. The monoisotopic (exact) mass is 359 g/mol. The lowest BCUT2D eigenvalue weighted by Gasteiger charge is -2.12. The number of benzene rings is 1. The lowest BCUT2D eigenvalue weighted by molar-refractivity contribution is 1.33. The van der Waals surface area contributed by atoms with Crippen molar-refractivity contribution < 1.29 is 0 Å². The molecule has 2 rings (SSSR count). The van der Waals surface area contributed by atoms with Gasteiger partial charge in [0.2, 0.25) is 0 Å². The highest BCUT2D eigenvalue weighted by Crippen LogP contribution is 2.47. The number of aromatic nitrogens is 1. The molecule has 0 aliphatic rings. The van der Waals surface area contributed by atoms with Crippen LogP contribution in [0.15, 0.2) is 18.3 Å². The summed E-state index contributed by atoms with van der Waals surface area (Å²) >= 11 is 36.0. The molecule has 1 heterocycles. The van der Waals surface area contributed by atoms with E-state index in [1.165, 1.54) is 6.20 Å². The maximum atomic E-state index is 6.12. The van der Waals surface area contributed by atoms with Crippen LogP contribution in [0.25, 0.3) is 11.3 Å². The molecule has 0 saturated carbocycles. The van der Waals surface area contributed by atoms with Gasteiger partial charge in [0.1, 0.15) is 0 Å². The van der Waals surface area contributed by atoms with Gasteiger partial charge in [-0.1, -0.05) is 69.6 Å².